The van der Waals surface area contributed by atoms with E-state index in [0.717, 1.165) is 18.2 Å². The van der Waals surface area contributed by atoms with Crippen LogP contribution in [-0.4, -0.2) is 35.7 Å². The molecule has 0 saturated heterocycles. The van der Waals surface area contributed by atoms with Gasteiger partial charge < -0.3 is 4.74 Å². The van der Waals surface area contributed by atoms with E-state index in [2.05, 4.69) is 0 Å². The van der Waals surface area contributed by atoms with Gasteiger partial charge in [-0.1, -0.05) is 26.7 Å². The van der Waals surface area contributed by atoms with Crippen molar-refractivity contribution in [2.75, 3.05) is 12.4 Å². The molecule has 0 N–H and O–H groups in total. The van der Waals surface area contributed by atoms with Gasteiger partial charge in [-0.3, -0.25) is 4.79 Å². The van der Waals surface area contributed by atoms with E-state index in [0.29, 0.717) is 19.3 Å². The fraction of sp³-hybridized carbons (Fsp3) is 0.923. The van der Waals surface area contributed by atoms with Crippen LogP contribution in [0.15, 0.2) is 0 Å². The molecule has 0 aromatic carbocycles. The second-order valence-corrected chi connectivity index (χ2v) is 5.93. The largest absolute Gasteiger partial charge is 0.465 e. The smallest absolute Gasteiger partial charge is 0.453 e. The molecule has 1 unspecified atom stereocenters. The SMILES string of the molecule is CCCCC(SCCC(F)(F)C(F)(F)F)C(=O)OCCC. The normalized spacial score (nSPS) is 14.0. The number of hydrogen-bond donors (Lipinski definition) is 0. The van der Waals surface area contributed by atoms with E-state index in [1.54, 1.807) is 0 Å². The van der Waals surface area contributed by atoms with E-state index in [-0.39, 0.29) is 6.61 Å². The summed E-state index contributed by atoms with van der Waals surface area (Å²) in [6, 6.07) is 0. The molecule has 0 rings (SSSR count). The van der Waals surface area contributed by atoms with Gasteiger partial charge in [0.2, 0.25) is 0 Å². The van der Waals surface area contributed by atoms with E-state index >= 15 is 0 Å². The lowest BCUT2D eigenvalue weighted by Gasteiger charge is -2.20. The van der Waals surface area contributed by atoms with Crippen LogP contribution >= 0.6 is 11.8 Å². The predicted octanol–water partition coefficient (Wildman–Crippen LogP) is 4.82. The minimum absolute atomic E-state index is 0.223. The fourth-order valence-electron chi connectivity index (χ4n) is 1.43. The summed E-state index contributed by atoms with van der Waals surface area (Å²) in [5, 5.41) is -0.680. The number of halogens is 5. The molecule has 0 saturated carbocycles. The second kappa shape index (κ2) is 9.48. The molecule has 0 amide bonds. The number of esters is 1. The topological polar surface area (TPSA) is 26.3 Å². The number of hydrogen-bond acceptors (Lipinski definition) is 3. The zero-order valence-corrected chi connectivity index (χ0v) is 13.0. The number of thioether (sulfide) groups is 1. The molecular weight excluding hydrogens is 315 g/mol. The number of unbranched alkanes of at least 4 members (excludes halogenated alkanes) is 1. The van der Waals surface area contributed by atoms with Gasteiger partial charge in [-0.05, 0) is 12.8 Å². The minimum atomic E-state index is -5.55. The van der Waals surface area contributed by atoms with Crippen molar-refractivity contribution in [2.24, 2.45) is 0 Å². The standard InChI is InChI=1S/C13H21F5O2S/c1-3-5-6-10(11(19)20-8-4-2)21-9-7-12(14,15)13(16,17)18/h10H,3-9H2,1-2H3. The number of carbonyl (C=O) groups excluding carboxylic acids is 1. The van der Waals surface area contributed by atoms with Gasteiger partial charge >= 0.3 is 18.1 Å². The van der Waals surface area contributed by atoms with E-state index in [9.17, 15) is 26.7 Å². The molecule has 2 nitrogen and oxygen atoms in total. The minimum Gasteiger partial charge on any atom is -0.465 e. The number of carbonyl (C=O) groups is 1. The highest BCUT2D eigenvalue weighted by Crippen LogP contribution is 2.39. The Balaban J connectivity index is 4.38. The highest BCUT2D eigenvalue weighted by atomic mass is 32.2. The lowest BCUT2D eigenvalue weighted by Crippen LogP contribution is -2.37. The molecule has 21 heavy (non-hydrogen) atoms. The summed E-state index contributed by atoms with van der Waals surface area (Å²) in [6.45, 7) is 3.93. The third kappa shape index (κ3) is 7.87. The molecule has 126 valence electrons. The average molecular weight is 336 g/mol. The van der Waals surface area contributed by atoms with Crippen molar-refractivity contribution in [1.29, 1.82) is 0 Å². The molecule has 0 heterocycles. The van der Waals surface area contributed by atoms with Gasteiger partial charge in [0.25, 0.3) is 0 Å². The summed E-state index contributed by atoms with van der Waals surface area (Å²) in [4.78, 5) is 11.7. The first kappa shape index (κ1) is 20.5. The van der Waals surface area contributed by atoms with Gasteiger partial charge in [0.1, 0.15) is 5.25 Å². The van der Waals surface area contributed by atoms with Crippen LogP contribution in [0.3, 0.4) is 0 Å². The zero-order chi connectivity index (χ0) is 16.5. The predicted molar refractivity (Wildman–Crippen MR) is 72.6 cm³/mol. The van der Waals surface area contributed by atoms with Crippen LogP contribution < -0.4 is 0 Å². The first-order valence-electron chi connectivity index (χ1n) is 6.88. The highest BCUT2D eigenvalue weighted by molar-refractivity contribution is 8.00. The fourth-order valence-corrected chi connectivity index (χ4v) is 2.62. The third-order valence-electron chi connectivity index (χ3n) is 2.68. The molecule has 0 fully saturated rings. The summed E-state index contributed by atoms with van der Waals surface area (Å²) in [5.74, 6) is -5.70. The van der Waals surface area contributed by atoms with Crippen molar-refractivity contribution >= 4 is 17.7 Å². The van der Waals surface area contributed by atoms with Gasteiger partial charge in [0.05, 0.1) is 6.61 Å². The van der Waals surface area contributed by atoms with Gasteiger partial charge in [0, 0.05) is 12.2 Å². The molecule has 8 heteroatoms. The molecule has 0 bridgehead atoms. The monoisotopic (exact) mass is 336 g/mol. The Morgan fingerprint density at radius 2 is 1.76 bits per heavy atom. The van der Waals surface area contributed by atoms with E-state index in [1.165, 1.54) is 0 Å². The number of rotatable bonds is 10. The van der Waals surface area contributed by atoms with Gasteiger partial charge in [-0.2, -0.15) is 22.0 Å². The van der Waals surface area contributed by atoms with Crippen LogP contribution in [0.1, 0.15) is 46.0 Å². The van der Waals surface area contributed by atoms with Crippen LogP contribution in [0.4, 0.5) is 22.0 Å². The van der Waals surface area contributed by atoms with Crippen molar-refractivity contribution in [3.05, 3.63) is 0 Å². The average Bonchev–Trinajstić information content (AvgIpc) is 2.38. The summed E-state index contributed by atoms with van der Waals surface area (Å²) in [6.07, 6.45) is -4.34. The van der Waals surface area contributed by atoms with Gasteiger partial charge in [0.15, 0.2) is 0 Å². The van der Waals surface area contributed by atoms with Crippen molar-refractivity contribution in [3.63, 3.8) is 0 Å². The van der Waals surface area contributed by atoms with E-state index in [1.807, 2.05) is 13.8 Å². The Bertz CT molecular complexity index is 307. The molecule has 0 aromatic heterocycles. The summed E-state index contributed by atoms with van der Waals surface area (Å²) < 4.78 is 66.6. The van der Waals surface area contributed by atoms with Crippen molar-refractivity contribution in [1.82, 2.24) is 0 Å². The van der Waals surface area contributed by atoms with Crippen LogP contribution in [-0.2, 0) is 9.53 Å². The van der Waals surface area contributed by atoms with Gasteiger partial charge in [-0.25, -0.2) is 0 Å². The lowest BCUT2D eigenvalue weighted by atomic mass is 10.2. The lowest BCUT2D eigenvalue weighted by molar-refractivity contribution is -0.282. The van der Waals surface area contributed by atoms with Crippen molar-refractivity contribution in [2.45, 2.75) is 63.3 Å². The maximum Gasteiger partial charge on any atom is 0.453 e. The van der Waals surface area contributed by atoms with Crippen LogP contribution in [0.2, 0.25) is 0 Å². The molecule has 0 spiro atoms. The zero-order valence-electron chi connectivity index (χ0n) is 12.1. The van der Waals surface area contributed by atoms with E-state index < -0.39 is 35.5 Å². The Morgan fingerprint density at radius 1 is 1.14 bits per heavy atom. The molecule has 1 atom stereocenters. The molecule has 0 aliphatic carbocycles. The first-order chi connectivity index (χ1) is 9.65. The summed E-state index contributed by atoms with van der Waals surface area (Å²) >= 11 is 0.808. The first-order valence-corrected chi connectivity index (χ1v) is 7.93. The van der Waals surface area contributed by atoms with Crippen LogP contribution in [0.25, 0.3) is 0 Å². The van der Waals surface area contributed by atoms with E-state index in [4.69, 9.17) is 4.74 Å². The Morgan fingerprint density at radius 3 is 2.24 bits per heavy atom. The molecule has 0 radical (unpaired) electrons. The Hall–Kier alpha value is -0.530. The third-order valence-corrected chi connectivity index (χ3v) is 3.95. The van der Waals surface area contributed by atoms with Crippen LogP contribution in [0, 0.1) is 0 Å². The number of alkyl halides is 5. The highest BCUT2D eigenvalue weighted by Gasteiger charge is 2.56. The maximum absolute atomic E-state index is 12.8. The van der Waals surface area contributed by atoms with Gasteiger partial charge in [-0.15, -0.1) is 11.8 Å². The maximum atomic E-state index is 12.8. The molecular formula is C13H21F5O2S. The summed E-state index contributed by atoms with van der Waals surface area (Å²) in [5.41, 5.74) is 0. The van der Waals surface area contributed by atoms with Crippen LogP contribution in [0.5, 0.6) is 0 Å². The molecule has 0 aliphatic rings. The van der Waals surface area contributed by atoms with Crippen molar-refractivity contribution < 1.29 is 31.5 Å². The quantitative estimate of drug-likeness (QED) is 0.423. The number of ether oxygens (including phenoxy) is 1. The van der Waals surface area contributed by atoms with Crippen molar-refractivity contribution in [3.8, 4) is 0 Å². The molecule has 0 aliphatic heterocycles. The Labute approximate surface area is 125 Å². The Kier molecular flexibility index (Phi) is 9.24. The molecule has 0 aromatic rings. The summed E-state index contributed by atoms with van der Waals surface area (Å²) in [7, 11) is 0. The second-order valence-electron chi connectivity index (χ2n) is 4.62.